The van der Waals surface area contributed by atoms with Crippen LogP contribution < -0.4 is 0 Å². The molecule has 0 bridgehead atoms. The van der Waals surface area contributed by atoms with Crippen LogP contribution in [0.3, 0.4) is 0 Å². The van der Waals surface area contributed by atoms with E-state index in [1.807, 2.05) is 0 Å². The van der Waals surface area contributed by atoms with Crippen LogP contribution in [0.5, 0.6) is 0 Å². The molecule has 0 saturated heterocycles. The lowest BCUT2D eigenvalue weighted by atomic mass is 10.2. The van der Waals surface area contributed by atoms with Gasteiger partial charge in [-0.1, -0.05) is 11.6 Å². The molecule has 1 aromatic carbocycles. The summed E-state index contributed by atoms with van der Waals surface area (Å²) in [5.74, 6) is -0.935. The second kappa shape index (κ2) is 5.02. The van der Waals surface area contributed by atoms with Crippen molar-refractivity contribution in [3.63, 3.8) is 0 Å². The summed E-state index contributed by atoms with van der Waals surface area (Å²) in [6.45, 7) is 0. The molecule has 0 radical (unpaired) electrons. The van der Waals surface area contributed by atoms with Crippen LogP contribution in [0.4, 0.5) is 17.6 Å². The van der Waals surface area contributed by atoms with Gasteiger partial charge in [-0.25, -0.2) is 9.07 Å². The van der Waals surface area contributed by atoms with Crippen LogP contribution in [0.15, 0.2) is 24.3 Å². The van der Waals surface area contributed by atoms with Gasteiger partial charge in [-0.3, -0.25) is 0 Å². The van der Waals surface area contributed by atoms with Crippen molar-refractivity contribution in [2.45, 2.75) is 12.1 Å². The molecule has 8 heteroatoms. The van der Waals surface area contributed by atoms with Gasteiger partial charge in [0.05, 0.1) is 11.6 Å². The first-order valence-corrected chi connectivity index (χ1v) is 5.92. The zero-order chi connectivity index (χ0) is 14.2. The second-order valence-corrected chi connectivity index (χ2v) is 4.26. The molecular weight excluding hydrogens is 307 g/mol. The van der Waals surface area contributed by atoms with Gasteiger partial charge in [-0.05, 0) is 24.3 Å². The molecule has 1 heterocycles. The van der Waals surface area contributed by atoms with Gasteiger partial charge in [0.25, 0.3) is 0 Å². The standard InChI is InChI=1S/C11H6Cl2F4N2/c12-5-8-9(11(15,16)17)18-19(10(8)13)7-3-1-6(14)2-4-7/h1-4H,5H2. The number of halogens is 6. The highest BCUT2D eigenvalue weighted by atomic mass is 35.5. The van der Waals surface area contributed by atoms with Crippen LogP contribution >= 0.6 is 23.2 Å². The number of alkyl halides is 4. The van der Waals surface area contributed by atoms with Crippen molar-refractivity contribution in [2.75, 3.05) is 0 Å². The zero-order valence-corrected chi connectivity index (χ0v) is 10.7. The van der Waals surface area contributed by atoms with Crippen molar-refractivity contribution in [3.8, 4) is 5.69 Å². The van der Waals surface area contributed by atoms with Crippen LogP contribution in [0.1, 0.15) is 11.3 Å². The number of hydrogen-bond donors (Lipinski definition) is 0. The first-order chi connectivity index (χ1) is 8.84. The van der Waals surface area contributed by atoms with Crippen LogP contribution in [0.25, 0.3) is 5.69 Å². The lowest BCUT2D eigenvalue weighted by molar-refractivity contribution is -0.141. The van der Waals surface area contributed by atoms with Gasteiger partial charge in [0, 0.05) is 5.56 Å². The van der Waals surface area contributed by atoms with E-state index in [0.717, 1.165) is 16.8 Å². The normalized spacial score (nSPS) is 11.9. The highest BCUT2D eigenvalue weighted by Gasteiger charge is 2.38. The number of aromatic nitrogens is 2. The summed E-state index contributed by atoms with van der Waals surface area (Å²) in [5, 5.41) is 3.16. The maximum atomic E-state index is 12.8. The third-order valence-corrected chi connectivity index (χ3v) is 3.05. The fraction of sp³-hybridized carbons (Fsp3) is 0.182. The predicted molar refractivity (Wildman–Crippen MR) is 63.1 cm³/mol. The molecule has 19 heavy (non-hydrogen) atoms. The van der Waals surface area contributed by atoms with Crippen molar-refractivity contribution in [3.05, 3.63) is 46.5 Å². The summed E-state index contributed by atoms with van der Waals surface area (Å²) in [6.07, 6.45) is -4.65. The summed E-state index contributed by atoms with van der Waals surface area (Å²) in [5.41, 5.74) is -1.23. The van der Waals surface area contributed by atoms with Crippen molar-refractivity contribution in [1.82, 2.24) is 9.78 Å². The predicted octanol–water partition coefficient (Wildman–Crippen LogP) is 4.42. The van der Waals surface area contributed by atoms with E-state index in [0.29, 0.717) is 0 Å². The van der Waals surface area contributed by atoms with Crippen LogP contribution in [-0.4, -0.2) is 9.78 Å². The molecule has 0 fully saturated rings. The molecule has 0 aliphatic carbocycles. The number of hydrogen-bond acceptors (Lipinski definition) is 1. The molecular formula is C11H6Cl2F4N2. The molecule has 0 aliphatic rings. The third kappa shape index (κ3) is 2.69. The fourth-order valence-electron chi connectivity index (χ4n) is 1.53. The molecule has 0 unspecified atom stereocenters. The Labute approximate surface area is 115 Å². The molecule has 1 aromatic heterocycles. The second-order valence-electron chi connectivity index (χ2n) is 3.64. The Morgan fingerprint density at radius 2 is 1.74 bits per heavy atom. The largest absolute Gasteiger partial charge is 0.435 e. The third-order valence-electron chi connectivity index (χ3n) is 2.39. The molecule has 2 rings (SSSR count). The Morgan fingerprint density at radius 1 is 1.16 bits per heavy atom. The summed E-state index contributed by atoms with van der Waals surface area (Å²) >= 11 is 11.3. The minimum Gasteiger partial charge on any atom is -0.221 e. The number of rotatable bonds is 2. The lowest BCUT2D eigenvalue weighted by Crippen LogP contribution is -2.09. The van der Waals surface area contributed by atoms with Crippen LogP contribution in [0, 0.1) is 5.82 Å². The van der Waals surface area contributed by atoms with E-state index in [1.54, 1.807) is 0 Å². The van der Waals surface area contributed by atoms with Gasteiger partial charge in [0.15, 0.2) is 5.69 Å². The van der Waals surface area contributed by atoms with Gasteiger partial charge < -0.3 is 0 Å². The summed E-state index contributed by atoms with van der Waals surface area (Å²) in [4.78, 5) is 0. The number of nitrogens with zero attached hydrogens (tertiary/aromatic N) is 2. The highest BCUT2D eigenvalue weighted by Crippen LogP contribution is 2.36. The van der Waals surface area contributed by atoms with E-state index in [-0.39, 0.29) is 16.4 Å². The summed E-state index contributed by atoms with van der Waals surface area (Å²) in [6, 6.07) is 4.74. The molecule has 102 valence electrons. The molecule has 2 nitrogen and oxygen atoms in total. The molecule has 0 N–H and O–H groups in total. The molecule has 0 atom stereocenters. The van der Waals surface area contributed by atoms with Gasteiger partial charge in [0.1, 0.15) is 11.0 Å². The smallest absolute Gasteiger partial charge is 0.221 e. The van der Waals surface area contributed by atoms with E-state index in [9.17, 15) is 17.6 Å². The minimum absolute atomic E-state index is 0.216. The maximum Gasteiger partial charge on any atom is 0.435 e. The van der Waals surface area contributed by atoms with Gasteiger partial charge in [0.2, 0.25) is 0 Å². The Kier molecular flexibility index (Phi) is 3.73. The van der Waals surface area contributed by atoms with Crippen LogP contribution in [-0.2, 0) is 12.1 Å². The van der Waals surface area contributed by atoms with Crippen molar-refractivity contribution >= 4 is 23.2 Å². The first kappa shape index (κ1) is 14.1. The summed E-state index contributed by atoms with van der Waals surface area (Å²) in [7, 11) is 0. The Morgan fingerprint density at radius 3 is 2.16 bits per heavy atom. The van der Waals surface area contributed by atoms with Crippen molar-refractivity contribution in [1.29, 1.82) is 0 Å². The van der Waals surface area contributed by atoms with Crippen molar-refractivity contribution < 1.29 is 17.6 Å². The Hall–Kier alpha value is -1.27. The molecule has 2 aromatic rings. The van der Waals surface area contributed by atoms with E-state index >= 15 is 0 Å². The molecule has 0 amide bonds. The minimum atomic E-state index is -4.65. The summed E-state index contributed by atoms with van der Waals surface area (Å²) < 4.78 is 51.9. The van der Waals surface area contributed by atoms with Crippen molar-refractivity contribution in [2.24, 2.45) is 0 Å². The fourth-order valence-corrected chi connectivity index (χ4v) is 2.14. The molecule has 0 saturated carbocycles. The number of benzene rings is 1. The quantitative estimate of drug-likeness (QED) is 0.593. The van der Waals surface area contributed by atoms with Gasteiger partial charge in [-0.15, -0.1) is 11.6 Å². The molecule has 0 aliphatic heterocycles. The van der Waals surface area contributed by atoms with E-state index < -0.39 is 23.6 Å². The van der Waals surface area contributed by atoms with E-state index in [2.05, 4.69) is 5.10 Å². The lowest BCUT2D eigenvalue weighted by Gasteiger charge is -2.03. The average Bonchev–Trinajstić information content (AvgIpc) is 2.67. The SMILES string of the molecule is Fc1ccc(-n2nc(C(F)(F)F)c(CCl)c2Cl)cc1. The van der Waals surface area contributed by atoms with Gasteiger partial charge >= 0.3 is 6.18 Å². The zero-order valence-electron chi connectivity index (χ0n) is 9.18. The Bertz CT molecular complexity index is 590. The molecule has 0 spiro atoms. The van der Waals surface area contributed by atoms with Crippen LogP contribution in [0.2, 0.25) is 5.15 Å². The van der Waals surface area contributed by atoms with E-state index in [4.69, 9.17) is 23.2 Å². The Balaban J connectivity index is 2.59. The maximum absolute atomic E-state index is 12.8. The topological polar surface area (TPSA) is 17.8 Å². The average molecular weight is 313 g/mol. The highest BCUT2D eigenvalue weighted by molar-refractivity contribution is 6.31. The van der Waals surface area contributed by atoms with E-state index in [1.165, 1.54) is 12.1 Å². The van der Waals surface area contributed by atoms with Gasteiger partial charge in [-0.2, -0.15) is 18.3 Å². The first-order valence-electron chi connectivity index (χ1n) is 5.01. The monoisotopic (exact) mass is 312 g/mol.